The largest absolute Gasteiger partial charge is 0.306 e. The number of hydrogen-bond acceptors (Lipinski definition) is 3. The van der Waals surface area contributed by atoms with Crippen molar-refractivity contribution in [1.82, 2.24) is 19.7 Å². The van der Waals surface area contributed by atoms with E-state index < -0.39 is 0 Å². The zero-order chi connectivity index (χ0) is 13.9. The molecule has 0 aromatic carbocycles. The van der Waals surface area contributed by atoms with Crippen molar-refractivity contribution in [2.75, 3.05) is 0 Å². The summed E-state index contributed by atoms with van der Waals surface area (Å²) >= 11 is 3.40. The number of fused-ring (bicyclic) bond motifs is 1. The van der Waals surface area contributed by atoms with E-state index >= 15 is 0 Å². The fraction of sp³-hybridized carbons (Fsp3) is 0.571. The van der Waals surface area contributed by atoms with E-state index in [9.17, 15) is 0 Å². The molecule has 0 aliphatic heterocycles. The van der Waals surface area contributed by atoms with E-state index in [1.807, 2.05) is 12.4 Å². The summed E-state index contributed by atoms with van der Waals surface area (Å²) in [4.78, 5) is 8.57. The highest BCUT2D eigenvalue weighted by Crippen LogP contribution is 2.20. The first-order chi connectivity index (χ1) is 9.14. The topological polar surface area (TPSA) is 42.2 Å². The van der Waals surface area contributed by atoms with Gasteiger partial charge in [-0.25, -0.2) is 9.97 Å². The molecule has 0 radical (unpaired) electrons. The smallest absolute Gasteiger partial charge is 0.155 e. The van der Waals surface area contributed by atoms with Crippen molar-refractivity contribution in [1.29, 1.82) is 0 Å². The Labute approximate surface area is 122 Å². The van der Waals surface area contributed by atoms with Crippen molar-refractivity contribution in [3.63, 3.8) is 0 Å². The van der Waals surface area contributed by atoms with Crippen LogP contribution in [0.3, 0.4) is 0 Å². The van der Waals surface area contributed by atoms with Crippen LogP contribution in [0.4, 0.5) is 0 Å². The summed E-state index contributed by atoms with van der Waals surface area (Å²) in [5.74, 6) is 0. The van der Waals surface area contributed by atoms with Gasteiger partial charge in [-0.1, -0.05) is 20.8 Å². The number of nitrogens with one attached hydrogen (secondary N) is 1. The van der Waals surface area contributed by atoms with Gasteiger partial charge in [-0.05, 0) is 35.2 Å². The van der Waals surface area contributed by atoms with E-state index in [-0.39, 0.29) is 5.54 Å². The van der Waals surface area contributed by atoms with Crippen molar-refractivity contribution in [3.8, 4) is 0 Å². The van der Waals surface area contributed by atoms with Gasteiger partial charge in [0.2, 0.25) is 0 Å². The fourth-order valence-corrected chi connectivity index (χ4v) is 2.76. The quantitative estimate of drug-likeness (QED) is 0.883. The predicted molar refractivity (Wildman–Crippen MR) is 81.1 cm³/mol. The minimum Gasteiger partial charge on any atom is -0.306 e. The number of hydrogen-bond donors (Lipinski definition) is 1. The second kappa shape index (κ2) is 6.01. The van der Waals surface area contributed by atoms with Crippen LogP contribution in [0.1, 0.15) is 45.7 Å². The van der Waals surface area contributed by atoms with Crippen molar-refractivity contribution >= 4 is 21.6 Å². The molecule has 2 aromatic heterocycles. The number of nitrogens with zero attached hydrogens (tertiary/aromatic N) is 3. The molecule has 2 aromatic rings. The molecule has 2 heterocycles. The Morgan fingerprint density at radius 3 is 2.47 bits per heavy atom. The fourth-order valence-electron chi connectivity index (χ4n) is 2.45. The molecule has 0 bridgehead atoms. The van der Waals surface area contributed by atoms with Gasteiger partial charge in [-0.15, -0.1) is 0 Å². The summed E-state index contributed by atoms with van der Waals surface area (Å²) < 4.78 is 2.91. The standard InChI is InChI=1S/C14H21BrN4/c1-4-14(5-2,6-3)18-8-11-7-17-13-9-16-12(15)10-19(11)13/h7,9-10,18H,4-6,8H2,1-3H3. The van der Waals surface area contributed by atoms with Gasteiger partial charge < -0.3 is 5.32 Å². The zero-order valence-corrected chi connectivity index (χ0v) is 13.4. The van der Waals surface area contributed by atoms with Crippen LogP contribution in [0.2, 0.25) is 0 Å². The minimum atomic E-state index is 0.231. The maximum Gasteiger partial charge on any atom is 0.155 e. The first kappa shape index (κ1) is 14.5. The van der Waals surface area contributed by atoms with Crippen LogP contribution in [0.5, 0.6) is 0 Å². The lowest BCUT2D eigenvalue weighted by atomic mass is 9.90. The average molecular weight is 325 g/mol. The molecule has 104 valence electrons. The molecule has 0 atom stereocenters. The molecule has 0 amide bonds. The molecule has 0 saturated heterocycles. The molecule has 0 unspecified atom stereocenters. The van der Waals surface area contributed by atoms with Gasteiger partial charge in [-0.2, -0.15) is 0 Å². The highest BCUT2D eigenvalue weighted by atomic mass is 79.9. The van der Waals surface area contributed by atoms with E-state index in [0.717, 1.165) is 41.8 Å². The lowest BCUT2D eigenvalue weighted by Gasteiger charge is -2.31. The third kappa shape index (κ3) is 2.98. The SMILES string of the molecule is CCC(CC)(CC)NCc1cnc2cnc(Br)cn12. The zero-order valence-electron chi connectivity index (χ0n) is 11.8. The van der Waals surface area contributed by atoms with Gasteiger partial charge in [0.15, 0.2) is 5.65 Å². The second-order valence-corrected chi connectivity index (χ2v) is 5.69. The Kier molecular flexibility index (Phi) is 4.58. The van der Waals surface area contributed by atoms with E-state index in [1.54, 1.807) is 6.20 Å². The van der Waals surface area contributed by atoms with Crippen LogP contribution in [-0.2, 0) is 6.54 Å². The van der Waals surface area contributed by atoms with Crippen molar-refractivity contribution in [3.05, 3.63) is 28.9 Å². The van der Waals surface area contributed by atoms with Crippen LogP contribution in [0.15, 0.2) is 23.2 Å². The van der Waals surface area contributed by atoms with E-state index in [4.69, 9.17) is 0 Å². The molecule has 0 spiro atoms. The summed E-state index contributed by atoms with van der Waals surface area (Å²) in [7, 11) is 0. The number of rotatable bonds is 6. The summed E-state index contributed by atoms with van der Waals surface area (Å²) in [6.07, 6.45) is 9.08. The van der Waals surface area contributed by atoms with Crippen molar-refractivity contribution in [2.45, 2.75) is 52.1 Å². The van der Waals surface area contributed by atoms with Crippen LogP contribution >= 0.6 is 15.9 Å². The Morgan fingerprint density at radius 2 is 1.84 bits per heavy atom. The van der Waals surface area contributed by atoms with Crippen LogP contribution in [0.25, 0.3) is 5.65 Å². The van der Waals surface area contributed by atoms with E-state index in [0.29, 0.717) is 0 Å². The molecule has 5 heteroatoms. The van der Waals surface area contributed by atoms with E-state index in [1.165, 1.54) is 0 Å². The third-order valence-electron chi connectivity index (χ3n) is 4.12. The maximum absolute atomic E-state index is 4.38. The second-order valence-electron chi connectivity index (χ2n) is 4.88. The first-order valence-corrected chi connectivity index (χ1v) is 7.66. The lowest BCUT2D eigenvalue weighted by Crippen LogP contribution is -2.43. The summed E-state index contributed by atoms with van der Waals surface area (Å²) in [6.45, 7) is 7.56. The molecular formula is C14H21BrN4. The predicted octanol–water partition coefficient (Wildman–Crippen LogP) is 3.55. The number of halogens is 1. The minimum absolute atomic E-state index is 0.231. The Morgan fingerprint density at radius 1 is 1.16 bits per heavy atom. The highest BCUT2D eigenvalue weighted by Gasteiger charge is 2.23. The number of imidazole rings is 1. The number of aromatic nitrogens is 3. The van der Waals surface area contributed by atoms with Gasteiger partial charge in [0.25, 0.3) is 0 Å². The molecule has 19 heavy (non-hydrogen) atoms. The van der Waals surface area contributed by atoms with Gasteiger partial charge in [0.1, 0.15) is 4.60 Å². The van der Waals surface area contributed by atoms with Gasteiger partial charge in [0, 0.05) is 18.3 Å². The van der Waals surface area contributed by atoms with Crippen molar-refractivity contribution in [2.24, 2.45) is 0 Å². The molecule has 0 aliphatic rings. The van der Waals surface area contributed by atoms with Crippen LogP contribution < -0.4 is 5.32 Å². The molecule has 4 nitrogen and oxygen atoms in total. The van der Waals surface area contributed by atoms with Gasteiger partial charge >= 0.3 is 0 Å². The molecule has 0 saturated carbocycles. The summed E-state index contributed by atoms with van der Waals surface area (Å²) in [5, 5.41) is 3.70. The molecule has 0 aliphatic carbocycles. The maximum atomic E-state index is 4.38. The summed E-state index contributed by atoms with van der Waals surface area (Å²) in [5.41, 5.74) is 2.28. The summed E-state index contributed by atoms with van der Waals surface area (Å²) in [6, 6.07) is 0. The average Bonchev–Trinajstić information content (AvgIpc) is 2.83. The van der Waals surface area contributed by atoms with Gasteiger partial charge in [0.05, 0.1) is 18.1 Å². The highest BCUT2D eigenvalue weighted by molar-refractivity contribution is 9.10. The molecule has 1 N–H and O–H groups in total. The monoisotopic (exact) mass is 324 g/mol. The molecule has 2 rings (SSSR count). The van der Waals surface area contributed by atoms with Gasteiger partial charge in [-0.3, -0.25) is 4.40 Å². The third-order valence-corrected chi connectivity index (χ3v) is 4.53. The molecule has 0 fully saturated rings. The Bertz CT molecular complexity index is 537. The van der Waals surface area contributed by atoms with E-state index in [2.05, 4.69) is 56.4 Å². The molecular weight excluding hydrogens is 304 g/mol. The first-order valence-electron chi connectivity index (χ1n) is 6.86. The normalized spacial score (nSPS) is 12.2. The van der Waals surface area contributed by atoms with Crippen LogP contribution in [0, 0.1) is 0 Å². The lowest BCUT2D eigenvalue weighted by molar-refractivity contribution is 0.286. The Hall–Kier alpha value is -0.940. The van der Waals surface area contributed by atoms with Crippen molar-refractivity contribution < 1.29 is 0 Å². The Balaban J connectivity index is 2.20. The van der Waals surface area contributed by atoms with Crippen LogP contribution in [-0.4, -0.2) is 19.9 Å².